The molecule has 1 aromatic heterocycles. The third-order valence-corrected chi connectivity index (χ3v) is 9.25. The fourth-order valence-electron chi connectivity index (χ4n) is 5.57. The van der Waals surface area contributed by atoms with Crippen molar-refractivity contribution in [2.24, 2.45) is 0 Å². The molecule has 0 unspecified atom stereocenters. The van der Waals surface area contributed by atoms with Gasteiger partial charge in [-0.05, 0) is 50.1 Å². The Morgan fingerprint density at radius 1 is 1.12 bits per heavy atom. The lowest BCUT2D eigenvalue weighted by Crippen LogP contribution is -2.44. The molecule has 0 saturated carbocycles. The van der Waals surface area contributed by atoms with E-state index in [1.165, 1.54) is 11.8 Å². The largest absolute Gasteiger partial charge is 0.496 e. The molecular formula is C33H33ClN4O4S. The van der Waals surface area contributed by atoms with Gasteiger partial charge in [-0.1, -0.05) is 59.6 Å². The zero-order chi connectivity index (χ0) is 29.9. The normalized spacial score (nSPS) is 18.3. The Balaban J connectivity index is 1.54. The van der Waals surface area contributed by atoms with Crippen molar-refractivity contribution < 1.29 is 19.1 Å². The lowest BCUT2D eigenvalue weighted by molar-refractivity contribution is -0.123. The third-order valence-electron chi connectivity index (χ3n) is 7.76. The molecule has 0 aliphatic carbocycles. The maximum Gasteiger partial charge on any atom is 0.240 e. The lowest BCUT2D eigenvalue weighted by Gasteiger charge is -2.24. The van der Waals surface area contributed by atoms with Gasteiger partial charge in [0.25, 0.3) is 0 Å². The summed E-state index contributed by atoms with van der Waals surface area (Å²) >= 11 is 7.78. The first kappa shape index (κ1) is 29.3. The van der Waals surface area contributed by atoms with Crippen LogP contribution in [0.25, 0.3) is 16.9 Å². The van der Waals surface area contributed by atoms with Gasteiger partial charge in [0.05, 0.1) is 35.6 Å². The van der Waals surface area contributed by atoms with Gasteiger partial charge in [0.2, 0.25) is 11.8 Å². The van der Waals surface area contributed by atoms with E-state index in [0.717, 1.165) is 40.8 Å². The number of halogens is 1. The number of rotatable bonds is 8. The molecule has 8 nitrogen and oxygen atoms in total. The fourth-order valence-corrected chi connectivity index (χ4v) is 6.92. The number of carbonyl (C=O) groups is 2. The predicted octanol–water partition coefficient (Wildman–Crippen LogP) is 5.97. The molecule has 2 aliphatic heterocycles. The van der Waals surface area contributed by atoms with E-state index in [0.29, 0.717) is 35.4 Å². The van der Waals surface area contributed by atoms with Gasteiger partial charge in [0.15, 0.2) is 0 Å². The number of aryl methyl sites for hydroxylation is 1. The predicted molar refractivity (Wildman–Crippen MR) is 170 cm³/mol. The maximum absolute atomic E-state index is 13.9. The molecule has 2 aliphatic rings. The van der Waals surface area contributed by atoms with Crippen LogP contribution < -0.4 is 15.0 Å². The van der Waals surface area contributed by atoms with Gasteiger partial charge in [-0.3, -0.25) is 14.5 Å². The summed E-state index contributed by atoms with van der Waals surface area (Å²) in [7, 11) is 1.65. The molecule has 0 radical (unpaired) electrons. The number of nitrogens with one attached hydrogen (secondary N) is 1. The van der Waals surface area contributed by atoms with Gasteiger partial charge >= 0.3 is 0 Å². The number of para-hydroxylation sites is 1. The molecule has 10 heteroatoms. The zero-order valence-corrected chi connectivity index (χ0v) is 25.7. The second-order valence-corrected chi connectivity index (χ2v) is 12.2. The van der Waals surface area contributed by atoms with Crippen molar-refractivity contribution in [1.29, 1.82) is 0 Å². The highest BCUT2D eigenvalue weighted by Crippen LogP contribution is 2.50. The summed E-state index contributed by atoms with van der Waals surface area (Å²) in [6, 6.07) is 23.3. The van der Waals surface area contributed by atoms with E-state index in [1.54, 1.807) is 16.7 Å². The third kappa shape index (κ3) is 6.16. The highest BCUT2D eigenvalue weighted by atomic mass is 35.5. The van der Waals surface area contributed by atoms with Gasteiger partial charge in [0, 0.05) is 34.9 Å². The summed E-state index contributed by atoms with van der Waals surface area (Å²) in [5.41, 5.74) is 5.19. The molecule has 1 fully saturated rings. The summed E-state index contributed by atoms with van der Waals surface area (Å²) in [5, 5.41) is 8.44. The first-order valence-corrected chi connectivity index (χ1v) is 15.7. The number of carbonyl (C=O) groups excluding carboxylic acids is 2. The van der Waals surface area contributed by atoms with E-state index in [-0.39, 0.29) is 35.5 Å². The van der Waals surface area contributed by atoms with Crippen LogP contribution in [0.2, 0.25) is 5.02 Å². The van der Waals surface area contributed by atoms with E-state index < -0.39 is 0 Å². The highest BCUT2D eigenvalue weighted by Gasteiger charge is 2.38. The van der Waals surface area contributed by atoms with E-state index in [1.807, 2.05) is 79.7 Å². The molecule has 0 bridgehead atoms. The van der Waals surface area contributed by atoms with E-state index in [2.05, 4.69) is 5.32 Å². The minimum atomic E-state index is -0.306. The van der Waals surface area contributed by atoms with Gasteiger partial charge in [-0.25, -0.2) is 4.68 Å². The first-order valence-electron chi connectivity index (χ1n) is 14.3. The maximum atomic E-state index is 13.9. The number of nitrogens with zero attached hydrogens (tertiary/aromatic N) is 3. The summed E-state index contributed by atoms with van der Waals surface area (Å²) < 4.78 is 13.3. The second-order valence-electron chi connectivity index (χ2n) is 10.7. The lowest BCUT2D eigenvalue weighted by atomic mass is 9.99. The van der Waals surface area contributed by atoms with Crippen molar-refractivity contribution in [3.05, 3.63) is 94.5 Å². The Bertz CT molecular complexity index is 1620. The van der Waals surface area contributed by atoms with Gasteiger partial charge in [-0.15, -0.1) is 11.8 Å². The average Bonchev–Trinajstić information content (AvgIpc) is 3.66. The van der Waals surface area contributed by atoms with Crippen molar-refractivity contribution in [3.63, 3.8) is 0 Å². The number of aromatic nitrogens is 2. The monoisotopic (exact) mass is 616 g/mol. The Morgan fingerprint density at radius 2 is 1.88 bits per heavy atom. The molecule has 3 heterocycles. The Labute approximate surface area is 260 Å². The minimum absolute atomic E-state index is 0.000536. The summed E-state index contributed by atoms with van der Waals surface area (Å²) in [6.07, 6.45) is 1.90. The van der Waals surface area contributed by atoms with Crippen LogP contribution in [0.15, 0.2) is 72.8 Å². The number of anilines is 1. The first-order chi connectivity index (χ1) is 20.9. The van der Waals surface area contributed by atoms with Crippen molar-refractivity contribution in [2.75, 3.05) is 37.5 Å². The van der Waals surface area contributed by atoms with Gasteiger partial charge < -0.3 is 14.8 Å². The molecule has 222 valence electrons. The zero-order valence-electron chi connectivity index (χ0n) is 24.1. The Hall–Kier alpha value is -3.79. The summed E-state index contributed by atoms with van der Waals surface area (Å²) in [5.74, 6) is 1.02. The number of ether oxygens (including phenoxy) is 2. The number of benzene rings is 3. The van der Waals surface area contributed by atoms with Crippen LogP contribution in [0, 0.1) is 6.92 Å². The number of amides is 2. The van der Waals surface area contributed by atoms with E-state index >= 15 is 0 Å². The van der Waals surface area contributed by atoms with Crippen LogP contribution in [-0.4, -0.2) is 60.3 Å². The van der Waals surface area contributed by atoms with Crippen molar-refractivity contribution >= 4 is 41.0 Å². The smallest absolute Gasteiger partial charge is 0.240 e. The molecule has 2 amide bonds. The Morgan fingerprint density at radius 3 is 2.60 bits per heavy atom. The average molecular weight is 617 g/mol. The highest BCUT2D eigenvalue weighted by molar-refractivity contribution is 8.00. The van der Waals surface area contributed by atoms with E-state index in [9.17, 15) is 9.59 Å². The summed E-state index contributed by atoms with van der Waals surface area (Å²) in [4.78, 5) is 28.9. The molecule has 2 atom stereocenters. The van der Waals surface area contributed by atoms with Crippen LogP contribution in [0.5, 0.6) is 5.75 Å². The van der Waals surface area contributed by atoms with Crippen molar-refractivity contribution in [3.8, 4) is 22.7 Å². The van der Waals surface area contributed by atoms with Crippen LogP contribution in [0.1, 0.15) is 34.8 Å². The number of thioether (sulfide) groups is 1. The fraction of sp³-hybridized carbons (Fsp3) is 0.303. The molecule has 6 rings (SSSR count). The second kappa shape index (κ2) is 12.8. The van der Waals surface area contributed by atoms with Crippen LogP contribution in [-0.2, 0) is 14.3 Å². The molecule has 43 heavy (non-hydrogen) atoms. The molecule has 1 saturated heterocycles. The minimum Gasteiger partial charge on any atom is -0.496 e. The topological polar surface area (TPSA) is 85.7 Å². The summed E-state index contributed by atoms with van der Waals surface area (Å²) in [6.45, 7) is 3.00. The molecule has 3 aromatic carbocycles. The van der Waals surface area contributed by atoms with Crippen LogP contribution in [0.4, 0.5) is 5.82 Å². The quantitative estimate of drug-likeness (QED) is 0.262. The SMILES string of the molecule is COc1ccccc1[C@H]1SCC(=O)N(CC(=O)NC[C@@H]2CCCO2)c2c1c(-c1ccc(Cl)cc1)nn2-c1ccc(C)cc1. The number of hydrogen-bond donors (Lipinski definition) is 1. The van der Waals surface area contributed by atoms with E-state index in [4.69, 9.17) is 26.2 Å². The Kier molecular flexibility index (Phi) is 8.74. The molecule has 0 spiro atoms. The molecule has 1 N–H and O–H groups in total. The molecule has 4 aromatic rings. The van der Waals surface area contributed by atoms with Crippen molar-refractivity contribution in [2.45, 2.75) is 31.1 Å². The molecular weight excluding hydrogens is 584 g/mol. The van der Waals surface area contributed by atoms with Crippen LogP contribution in [0.3, 0.4) is 0 Å². The van der Waals surface area contributed by atoms with Gasteiger partial charge in [0.1, 0.15) is 18.1 Å². The van der Waals surface area contributed by atoms with Gasteiger partial charge in [-0.2, -0.15) is 5.10 Å². The van der Waals surface area contributed by atoms with Crippen LogP contribution >= 0.6 is 23.4 Å². The number of hydrogen-bond acceptors (Lipinski definition) is 6. The standard InChI is InChI=1S/C33H33ClN4O4S/c1-21-9-15-24(16-10-21)38-33-30(31(36-38)22-11-13-23(34)14-12-22)32(26-7-3-4-8-27(26)41-2)43-20-29(40)37(33)19-28(39)35-18-25-6-5-17-42-25/h3-4,7-16,25,32H,5-6,17-20H2,1-2H3,(H,35,39)/t25-,32+/m0/s1. The number of methoxy groups -OCH3 is 1. The number of fused-ring (bicyclic) bond motifs is 1. The van der Waals surface area contributed by atoms with Crippen molar-refractivity contribution in [1.82, 2.24) is 15.1 Å².